The van der Waals surface area contributed by atoms with E-state index in [-0.39, 0.29) is 24.1 Å². The van der Waals surface area contributed by atoms with Crippen molar-refractivity contribution in [2.24, 2.45) is 11.8 Å². The van der Waals surface area contributed by atoms with Crippen molar-refractivity contribution < 1.29 is 23.9 Å². The molecule has 3 unspecified atom stereocenters. The number of hydrogen-bond donors (Lipinski definition) is 2. The van der Waals surface area contributed by atoms with E-state index in [2.05, 4.69) is 5.32 Å². The number of carbonyl (C=O) groups is 3. The Morgan fingerprint density at radius 3 is 2.70 bits per heavy atom. The Bertz CT molecular complexity index is 741. The normalized spacial score (nSPS) is 26.0. The van der Waals surface area contributed by atoms with Gasteiger partial charge in [-0.05, 0) is 37.3 Å². The monoisotopic (exact) mass is 377 g/mol. The minimum Gasteiger partial charge on any atom is -0.481 e. The third kappa shape index (κ3) is 4.20. The predicted molar refractivity (Wildman–Crippen MR) is 96.8 cm³/mol. The number of urea groups is 1. The fourth-order valence-corrected chi connectivity index (χ4v) is 3.86. The number of carbonyl (C=O) groups excluding carboxylic acids is 2. The number of benzene rings is 1. The second kappa shape index (κ2) is 7.94. The average Bonchev–Trinajstić information content (AvgIpc) is 2.63. The van der Waals surface area contributed by atoms with Gasteiger partial charge in [-0.3, -0.25) is 9.59 Å². The lowest BCUT2D eigenvalue weighted by Crippen LogP contribution is -2.57. The first-order valence-corrected chi connectivity index (χ1v) is 9.21. The Balaban J connectivity index is 1.68. The van der Waals surface area contributed by atoms with Crippen molar-refractivity contribution in [2.75, 3.05) is 24.5 Å². The highest BCUT2D eigenvalue weighted by atomic mass is 19.1. The van der Waals surface area contributed by atoms with E-state index in [0.29, 0.717) is 32.4 Å². The highest BCUT2D eigenvalue weighted by Gasteiger charge is 2.36. The molecule has 0 radical (unpaired) electrons. The number of halogens is 1. The molecule has 1 aromatic rings. The van der Waals surface area contributed by atoms with Crippen LogP contribution in [0.1, 0.15) is 26.2 Å². The number of piperidine rings is 2. The molecule has 3 atom stereocenters. The topological polar surface area (TPSA) is 89.9 Å². The van der Waals surface area contributed by atoms with E-state index in [4.69, 9.17) is 0 Å². The Hall–Kier alpha value is -2.64. The van der Waals surface area contributed by atoms with E-state index in [9.17, 15) is 23.9 Å². The molecule has 2 aliphatic rings. The number of para-hydroxylation sites is 1. The van der Waals surface area contributed by atoms with Crippen LogP contribution in [-0.2, 0) is 9.59 Å². The minimum atomic E-state index is -0.918. The van der Waals surface area contributed by atoms with Gasteiger partial charge in [-0.15, -0.1) is 0 Å². The molecule has 2 fully saturated rings. The van der Waals surface area contributed by atoms with E-state index in [1.165, 1.54) is 15.9 Å². The van der Waals surface area contributed by atoms with Crippen LogP contribution in [0.2, 0.25) is 0 Å². The van der Waals surface area contributed by atoms with Gasteiger partial charge in [0, 0.05) is 19.6 Å². The summed E-state index contributed by atoms with van der Waals surface area (Å²) in [6.07, 6.45) is 1.64. The summed E-state index contributed by atoms with van der Waals surface area (Å²) in [6.45, 7) is 2.88. The zero-order chi connectivity index (χ0) is 19.6. The lowest BCUT2D eigenvalue weighted by Gasteiger charge is -2.37. The van der Waals surface area contributed by atoms with Crippen molar-refractivity contribution in [2.45, 2.75) is 32.2 Å². The van der Waals surface area contributed by atoms with Crippen molar-refractivity contribution in [3.05, 3.63) is 30.1 Å². The standard InChI is InChI=1S/C19H24FN3O4/c1-12-9-13(18(25)26)11-22(10-12)19(27)21-15-6-4-8-23(17(15)24)16-7-3-2-5-14(16)20/h2-3,5,7,12-13,15H,4,6,8-11H2,1H3,(H,21,27)(H,25,26). The van der Waals surface area contributed by atoms with Gasteiger partial charge in [0.15, 0.2) is 0 Å². The largest absolute Gasteiger partial charge is 0.481 e. The summed E-state index contributed by atoms with van der Waals surface area (Å²) in [5.41, 5.74) is 0.207. The maximum Gasteiger partial charge on any atom is 0.318 e. The highest BCUT2D eigenvalue weighted by Crippen LogP contribution is 2.25. The fraction of sp³-hybridized carbons (Fsp3) is 0.526. The molecule has 0 spiro atoms. The lowest BCUT2D eigenvalue weighted by molar-refractivity contribution is -0.143. The van der Waals surface area contributed by atoms with Gasteiger partial charge < -0.3 is 20.2 Å². The zero-order valence-corrected chi connectivity index (χ0v) is 15.2. The van der Waals surface area contributed by atoms with Crippen LogP contribution < -0.4 is 10.2 Å². The van der Waals surface area contributed by atoms with Gasteiger partial charge in [0.1, 0.15) is 11.9 Å². The summed E-state index contributed by atoms with van der Waals surface area (Å²) in [4.78, 5) is 39.5. The van der Waals surface area contributed by atoms with Gasteiger partial charge >= 0.3 is 12.0 Å². The SMILES string of the molecule is CC1CC(C(=O)O)CN(C(=O)NC2CCCN(c3ccccc3F)C2=O)C1. The van der Waals surface area contributed by atoms with Crippen LogP contribution in [0.25, 0.3) is 0 Å². The van der Waals surface area contributed by atoms with E-state index >= 15 is 0 Å². The van der Waals surface area contributed by atoms with Gasteiger partial charge in [0.05, 0.1) is 11.6 Å². The number of rotatable bonds is 3. The molecular weight excluding hydrogens is 353 g/mol. The molecule has 0 saturated carbocycles. The Kier molecular flexibility index (Phi) is 5.62. The molecule has 3 amide bonds. The van der Waals surface area contributed by atoms with Crippen molar-refractivity contribution in [1.82, 2.24) is 10.2 Å². The summed E-state index contributed by atoms with van der Waals surface area (Å²) in [6, 6.07) is 4.87. The molecule has 146 valence electrons. The van der Waals surface area contributed by atoms with Gasteiger partial charge in [0.25, 0.3) is 0 Å². The first kappa shape index (κ1) is 19.1. The van der Waals surface area contributed by atoms with Crippen LogP contribution in [0.3, 0.4) is 0 Å². The number of anilines is 1. The first-order chi connectivity index (χ1) is 12.9. The fourth-order valence-electron chi connectivity index (χ4n) is 3.86. The first-order valence-electron chi connectivity index (χ1n) is 9.21. The number of aliphatic carboxylic acids is 1. The van der Waals surface area contributed by atoms with Gasteiger partial charge in [-0.1, -0.05) is 19.1 Å². The maximum absolute atomic E-state index is 14.0. The Labute approximate surface area is 157 Å². The molecule has 2 N–H and O–H groups in total. The second-order valence-electron chi connectivity index (χ2n) is 7.37. The van der Waals surface area contributed by atoms with Crippen molar-refractivity contribution in [3.63, 3.8) is 0 Å². The summed E-state index contributed by atoms with van der Waals surface area (Å²) >= 11 is 0. The molecule has 27 heavy (non-hydrogen) atoms. The van der Waals surface area contributed by atoms with Crippen LogP contribution >= 0.6 is 0 Å². The van der Waals surface area contributed by atoms with Crippen LogP contribution in [-0.4, -0.2) is 53.6 Å². The third-order valence-corrected chi connectivity index (χ3v) is 5.18. The zero-order valence-electron chi connectivity index (χ0n) is 15.2. The van der Waals surface area contributed by atoms with Gasteiger partial charge in [-0.25, -0.2) is 9.18 Å². The minimum absolute atomic E-state index is 0.0718. The molecule has 7 nitrogen and oxygen atoms in total. The van der Waals surface area contributed by atoms with Gasteiger partial charge in [0.2, 0.25) is 5.91 Å². The number of amides is 3. The van der Waals surface area contributed by atoms with Crippen LogP contribution in [0.5, 0.6) is 0 Å². The second-order valence-corrected chi connectivity index (χ2v) is 7.37. The summed E-state index contributed by atoms with van der Waals surface area (Å²) in [5.74, 6) is -2.27. The molecule has 2 heterocycles. The Morgan fingerprint density at radius 1 is 1.26 bits per heavy atom. The van der Waals surface area contributed by atoms with E-state index in [0.717, 1.165) is 0 Å². The van der Waals surface area contributed by atoms with Gasteiger partial charge in [-0.2, -0.15) is 0 Å². The third-order valence-electron chi connectivity index (χ3n) is 5.18. The molecule has 0 aliphatic carbocycles. The van der Waals surface area contributed by atoms with E-state index in [1.54, 1.807) is 18.2 Å². The van der Waals surface area contributed by atoms with Crippen LogP contribution in [0.4, 0.5) is 14.9 Å². The van der Waals surface area contributed by atoms with Crippen molar-refractivity contribution in [3.8, 4) is 0 Å². The summed E-state index contributed by atoms with van der Waals surface area (Å²) in [7, 11) is 0. The van der Waals surface area contributed by atoms with Crippen molar-refractivity contribution in [1.29, 1.82) is 0 Å². The number of nitrogens with one attached hydrogen (secondary N) is 1. The molecular formula is C19H24FN3O4. The number of nitrogens with zero attached hydrogens (tertiary/aromatic N) is 2. The van der Waals surface area contributed by atoms with Crippen molar-refractivity contribution >= 4 is 23.6 Å². The number of likely N-dealkylation sites (tertiary alicyclic amines) is 1. The average molecular weight is 377 g/mol. The predicted octanol–water partition coefficient (Wildman–Crippen LogP) is 2.07. The van der Waals surface area contributed by atoms with Crippen LogP contribution in [0, 0.1) is 17.7 Å². The quantitative estimate of drug-likeness (QED) is 0.844. The number of hydrogen-bond acceptors (Lipinski definition) is 3. The van der Waals surface area contributed by atoms with E-state index in [1.807, 2.05) is 6.92 Å². The molecule has 2 saturated heterocycles. The van der Waals surface area contributed by atoms with Crippen LogP contribution in [0.15, 0.2) is 24.3 Å². The Morgan fingerprint density at radius 2 is 2.00 bits per heavy atom. The smallest absolute Gasteiger partial charge is 0.318 e. The number of carboxylic acids is 1. The molecule has 8 heteroatoms. The number of carboxylic acid groups (broad SMARTS) is 1. The highest BCUT2D eigenvalue weighted by molar-refractivity contribution is 5.99. The van der Waals surface area contributed by atoms with E-state index < -0.39 is 29.8 Å². The summed E-state index contributed by atoms with van der Waals surface area (Å²) < 4.78 is 14.0. The molecule has 0 aromatic heterocycles. The maximum atomic E-state index is 14.0. The molecule has 1 aromatic carbocycles. The lowest BCUT2D eigenvalue weighted by atomic mass is 9.91. The molecule has 3 rings (SSSR count). The molecule has 2 aliphatic heterocycles. The molecule has 0 bridgehead atoms. The summed E-state index contributed by atoms with van der Waals surface area (Å²) in [5, 5.41) is 12.0.